The third kappa shape index (κ3) is 2.90. The molecule has 1 rings (SSSR count). The van der Waals surface area contributed by atoms with Gasteiger partial charge >= 0.3 is 6.16 Å². The number of carbonyl (C=O) groups is 2. The Morgan fingerprint density at radius 3 is 2.43 bits per heavy atom. The van der Waals surface area contributed by atoms with E-state index >= 15 is 0 Å². The molecule has 0 aromatic heterocycles. The van der Waals surface area contributed by atoms with Crippen LogP contribution in [-0.4, -0.2) is 25.7 Å². The molecule has 0 atom stereocenters. The molecule has 0 unspecified atom stereocenters. The van der Waals surface area contributed by atoms with Gasteiger partial charge in [0.25, 0.3) is 0 Å². The largest absolute Gasteiger partial charge is 0.508 e. The molecular formula is C10H10O4. The van der Waals surface area contributed by atoms with Crippen molar-refractivity contribution < 1.29 is 19.1 Å². The van der Waals surface area contributed by atoms with E-state index in [-0.39, 0.29) is 12.4 Å². The molecule has 0 spiro atoms. The fourth-order valence-electron chi connectivity index (χ4n) is 0.891. The molecule has 0 amide bonds. The highest BCUT2D eigenvalue weighted by molar-refractivity contribution is 5.97. The number of Topliss-reactive ketones (excluding diaryl/α,β-unsaturated/α-hetero) is 1. The number of benzene rings is 1. The van der Waals surface area contributed by atoms with Crippen LogP contribution in [0.5, 0.6) is 0 Å². The molecule has 0 saturated carbocycles. The van der Waals surface area contributed by atoms with Gasteiger partial charge in [-0.2, -0.15) is 0 Å². The van der Waals surface area contributed by atoms with Gasteiger partial charge in [0.1, 0.15) is 0 Å². The summed E-state index contributed by atoms with van der Waals surface area (Å²) < 4.78 is 8.72. The zero-order valence-electron chi connectivity index (χ0n) is 7.73. The lowest BCUT2D eigenvalue weighted by Gasteiger charge is -2.01. The van der Waals surface area contributed by atoms with E-state index in [1.165, 1.54) is 7.11 Å². The molecule has 1 aromatic carbocycles. The Morgan fingerprint density at radius 1 is 1.21 bits per heavy atom. The first kappa shape index (κ1) is 10.2. The van der Waals surface area contributed by atoms with Crippen LogP contribution in [0.25, 0.3) is 0 Å². The number of hydrogen-bond acceptors (Lipinski definition) is 4. The summed E-state index contributed by atoms with van der Waals surface area (Å²) in [4.78, 5) is 21.9. The van der Waals surface area contributed by atoms with Crippen LogP contribution >= 0.6 is 0 Å². The average molecular weight is 194 g/mol. The SMILES string of the molecule is COC(=O)OCC(=O)c1ccccc1. The van der Waals surface area contributed by atoms with Crippen LogP contribution in [0.1, 0.15) is 10.4 Å². The van der Waals surface area contributed by atoms with Crippen molar-refractivity contribution in [1.82, 2.24) is 0 Å². The predicted octanol–water partition coefficient (Wildman–Crippen LogP) is 1.65. The monoisotopic (exact) mass is 194 g/mol. The summed E-state index contributed by atoms with van der Waals surface area (Å²) in [5.41, 5.74) is 0.511. The maximum Gasteiger partial charge on any atom is 0.508 e. The molecule has 0 N–H and O–H groups in total. The highest BCUT2D eigenvalue weighted by Gasteiger charge is 2.08. The van der Waals surface area contributed by atoms with E-state index in [9.17, 15) is 9.59 Å². The fourth-order valence-corrected chi connectivity index (χ4v) is 0.891. The van der Waals surface area contributed by atoms with E-state index in [1.54, 1.807) is 30.3 Å². The lowest BCUT2D eigenvalue weighted by atomic mass is 10.1. The summed E-state index contributed by atoms with van der Waals surface area (Å²) >= 11 is 0. The Labute approximate surface area is 81.4 Å². The van der Waals surface area contributed by atoms with Gasteiger partial charge in [0, 0.05) is 5.56 Å². The lowest BCUT2D eigenvalue weighted by molar-refractivity contribution is 0.0612. The molecule has 0 bridgehead atoms. The van der Waals surface area contributed by atoms with Gasteiger partial charge in [0.05, 0.1) is 7.11 Å². The first-order valence-electron chi connectivity index (χ1n) is 4.03. The van der Waals surface area contributed by atoms with Gasteiger partial charge in [-0.3, -0.25) is 4.79 Å². The number of rotatable bonds is 3. The summed E-state index contributed by atoms with van der Waals surface area (Å²) in [6.07, 6.45) is -0.853. The average Bonchev–Trinajstić information content (AvgIpc) is 2.26. The number of methoxy groups -OCH3 is 1. The quantitative estimate of drug-likeness (QED) is 0.542. The molecular weight excluding hydrogens is 184 g/mol. The number of hydrogen-bond donors (Lipinski definition) is 0. The van der Waals surface area contributed by atoms with E-state index in [1.807, 2.05) is 0 Å². The van der Waals surface area contributed by atoms with Gasteiger partial charge < -0.3 is 9.47 Å². The second kappa shape index (κ2) is 5.01. The van der Waals surface area contributed by atoms with Crippen LogP contribution in [-0.2, 0) is 9.47 Å². The smallest absolute Gasteiger partial charge is 0.438 e. The van der Waals surface area contributed by atoms with Crippen molar-refractivity contribution in [2.75, 3.05) is 13.7 Å². The normalized spacial score (nSPS) is 9.21. The molecule has 0 heterocycles. The van der Waals surface area contributed by atoms with Gasteiger partial charge in [-0.15, -0.1) is 0 Å². The fraction of sp³-hybridized carbons (Fsp3) is 0.200. The van der Waals surface area contributed by atoms with E-state index in [0.717, 1.165) is 0 Å². The standard InChI is InChI=1S/C10H10O4/c1-13-10(12)14-7-9(11)8-5-3-2-4-6-8/h2-6H,7H2,1H3. The van der Waals surface area contributed by atoms with Gasteiger partial charge in [0.2, 0.25) is 0 Å². The first-order chi connectivity index (χ1) is 6.74. The summed E-state index contributed by atoms with van der Waals surface area (Å²) in [7, 11) is 1.19. The summed E-state index contributed by atoms with van der Waals surface area (Å²) in [5, 5.41) is 0. The Kier molecular flexibility index (Phi) is 3.67. The van der Waals surface area contributed by atoms with Gasteiger partial charge in [-0.05, 0) is 0 Å². The Hall–Kier alpha value is -1.84. The Balaban J connectivity index is 2.48. The van der Waals surface area contributed by atoms with E-state index < -0.39 is 6.16 Å². The van der Waals surface area contributed by atoms with Crippen molar-refractivity contribution in [3.05, 3.63) is 35.9 Å². The minimum atomic E-state index is -0.853. The number of carbonyl (C=O) groups excluding carboxylic acids is 2. The molecule has 0 radical (unpaired) electrons. The van der Waals surface area contributed by atoms with Crippen molar-refractivity contribution in [3.8, 4) is 0 Å². The predicted molar refractivity (Wildman–Crippen MR) is 49.1 cm³/mol. The third-order valence-electron chi connectivity index (χ3n) is 1.58. The number of ketones is 1. The van der Waals surface area contributed by atoms with Crippen molar-refractivity contribution >= 4 is 11.9 Å². The molecule has 4 nitrogen and oxygen atoms in total. The van der Waals surface area contributed by atoms with Crippen LogP contribution in [0.2, 0.25) is 0 Å². The van der Waals surface area contributed by atoms with Gasteiger partial charge in [-0.25, -0.2) is 4.79 Å². The number of ether oxygens (including phenoxy) is 2. The summed E-state index contributed by atoms with van der Waals surface area (Å²) in [6, 6.07) is 8.60. The molecule has 0 aliphatic heterocycles. The molecule has 4 heteroatoms. The molecule has 1 aromatic rings. The second-order valence-corrected chi connectivity index (χ2v) is 2.53. The van der Waals surface area contributed by atoms with Crippen molar-refractivity contribution in [3.63, 3.8) is 0 Å². The molecule has 0 saturated heterocycles. The molecule has 74 valence electrons. The highest BCUT2D eigenvalue weighted by atomic mass is 16.7. The van der Waals surface area contributed by atoms with Crippen molar-refractivity contribution in [2.24, 2.45) is 0 Å². The molecule has 14 heavy (non-hydrogen) atoms. The van der Waals surface area contributed by atoms with Crippen LogP contribution in [0.15, 0.2) is 30.3 Å². The maximum absolute atomic E-state index is 11.3. The molecule has 0 fully saturated rings. The van der Waals surface area contributed by atoms with Crippen LogP contribution in [0, 0.1) is 0 Å². The van der Waals surface area contributed by atoms with E-state index in [2.05, 4.69) is 9.47 Å². The van der Waals surface area contributed by atoms with Crippen LogP contribution in [0.4, 0.5) is 4.79 Å². The van der Waals surface area contributed by atoms with E-state index in [0.29, 0.717) is 5.56 Å². The zero-order chi connectivity index (χ0) is 10.4. The summed E-state index contributed by atoms with van der Waals surface area (Å²) in [6.45, 7) is -0.295. The zero-order valence-corrected chi connectivity index (χ0v) is 7.73. The van der Waals surface area contributed by atoms with Gasteiger partial charge in [-0.1, -0.05) is 30.3 Å². The van der Waals surface area contributed by atoms with Crippen LogP contribution in [0.3, 0.4) is 0 Å². The minimum absolute atomic E-state index is 0.254. The third-order valence-corrected chi connectivity index (χ3v) is 1.58. The molecule has 0 aliphatic carbocycles. The van der Waals surface area contributed by atoms with Crippen molar-refractivity contribution in [1.29, 1.82) is 0 Å². The van der Waals surface area contributed by atoms with Gasteiger partial charge in [0.15, 0.2) is 12.4 Å². The molecule has 0 aliphatic rings. The minimum Gasteiger partial charge on any atom is -0.438 e. The van der Waals surface area contributed by atoms with Crippen LogP contribution < -0.4 is 0 Å². The summed E-state index contributed by atoms with van der Waals surface area (Å²) in [5.74, 6) is -0.254. The second-order valence-electron chi connectivity index (χ2n) is 2.53. The lowest BCUT2D eigenvalue weighted by Crippen LogP contribution is -2.13. The van der Waals surface area contributed by atoms with E-state index in [4.69, 9.17) is 0 Å². The Morgan fingerprint density at radius 2 is 1.86 bits per heavy atom. The van der Waals surface area contributed by atoms with Crippen molar-refractivity contribution in [2.45, 2.75) is 0 Å². The Bertz CT molecular complexity index is 318. The topological polar surface area (TPSA) is 52.6 Å². The maximum atomic E-state index is 11.3. The highest BCUT2D eigenvalue weighted by Crippen LogP contribution is 2.00. The first-order valence-corrected chi connectivity index (χ1v) is 4.03.